The van der Waals surface area contributed by atoms with Crippen molar-refractivity contribution < 1.29 is 19.1 Å². The van der Waals surface area contributed by atoms with Crippen LogP contribution in [0.2, 0.25) is 5.02 Å². The summed E-state index contributed by atoms with van der Waals surface area (Å²) in [6, 6.07) is 10.7. The Morgan fingerprint density at radius 2 is 2.14 bits per heavy atom. The zero-order valence-corrected chi connectivity index (χ0v) is 18.7. The second-order valence-electron chi connectivity index (χ2n) is 5.91. The van der Waals surface area contributed by atoms with Gasteiger partial charge in [-0.1, -0.05) is 33.6 Å². The van der Waals surface area contributed by atoms with E-state index in [0.29, 0.717) is 32.1 Å². The van der Waals surface area contributed by atoms with Crippen LogP contribution in [0.25, 0.3) is 6.08 Å². The zero-order valence-electron chi connectivity index (χ0n) is 15.5. The fourth-order valence-corrected chi connectivity index (χ4v) is 3.78. The number of esters is 1. The van der Waals surface area contributed by atoms with Gasteiger partial charge in [0.2, 0.25) is 0 Å². The fourth-order valence-electron chi connectivity index (χ4n) is 2.41. The molecule has 1 amide bonds. The zero-order chi connectivity index (χ0) is 21.0. The highest BCUT2D eigenvalue weighted by atomic mass is 79.9. The van der Waals surface area contributed by atoms with Gasteiger partial charge in [0.1, 0.15) is 5.75 Å². The van der Waals surface area contributed by atoms with Gasteiger partial charge in [-0.25, -0.2) is 9.79 Å². The number of thioether (sulfide) groups is 1. The van der Waals surface area contributed by atoms with Gasteiger partial charge in [-0.15, -0.1) is 0 Å². The number of nitrogens with zero attached hydrogens (tertiary/aromatic N) is 1. The van der Waals surface area contributed by atoms with Crippen molar-refractivity contribution in [2.75, 3.05) is 13.7 Å². The molecule has 0 bridgehead atoms. The third-order valence-corrected chi connectivity index (χ3v) is 5.76. The van der Waals surface area contributed by atoms with Gasteiger partial charge >= 0.3 is 5.97 Å². The number of carbonyl (C=O) groups is 2. The van der Waals surface area contributed by atoms with Crippen molar-refractivity contribution in [3.8, 4) is 5.75 Å². The van der Waals surface area contributed by atoms with Crippen LogP contribution in [0.15, 0.2) is 50.8 Å². The second kappa shape index (κ2) is 9.47. The van der Waals surface area contributed by atoms with Crippen LogP contribution in [-0.2, 0) is 14.3 Å². The number of rotatable bonds is 5. The standard InChI is InChI=1S/C20H16BrClN2O4S/c1-11-14(22)4-3-5-15(11)23-20-24-19(26)17(29-20)9-12-8-13(21)6-7-16(12)28-10-18(25)27-2/h3-9H,10H2,1-2H3,(H,23,24,26)/b17-9+. The molecule has 0 unspecified atom stereocenters. The molecule has 1 fully saturated rings. The number of aliphatic imine (C=N–C) groups is 1. The predicted molar refractivity (Wildman–Crippen MR) is 119 cm³/mol. The van der Waals surface area contributed by atoms with E-state index in [9.17, 15) is 9.59 Å². The molecule has 3 rings (SSSR count). The minimum Gasteiger partial charge on any atom is -0.481 e. The molecule has 1 heterocycles. The second-order valence-corrected chi connectivity index (χ2v) is 8.27. The van der Waals surface area contributed by atoms with Crippen LogP contribution < -0.4 is 10.1 Å². The normalized spacial score (nSPS) is 16.2. The number of hydrogen-bond donors (Lipinski definition) is 1. The van der Waals surface area contributed by atoms with Crippen LogP contribution >= 0.6 is 39.3 Å². The van der Waals surface area contributed by atoms with Gasteiger partial charge in [0.05, 0.1) is 17.7 Å². The Balaban J connectivity index is 1.86. The molecule has 1 saturated heterocycles. The number of amides is 1. The molecule has 150 valence electrons. The lowest BCUT2D eigenvalue weighted by molar-refractivity contribution is -0.142. The molecule has 0 aromatic heterocycles. The summed E-state index contributed by atoms with van der Waals surface area (Å²) in [5.41, 5.74) is 2.16. The van der Waals surface area contributed by atoms with Gasteiger partial charge in [-0.2, -0.15) is 0 Å². The maximum atomic E-state index is 12.4. The van der Waals surface area contributed by atoms with Gasteiger partial charge in [-0.3, -0.25) is 4.79 Å². The van der Waals surface area contributed by atoms with Crippen molar-refractivity contribution >= 4 is 68.1 Å². The van der Waals surface area contributed by atoms with Gasteiger partial charge in [0.15, 0.2) is 11.8 Å². The van der Waals surface area contributed by atoms with Crippen LogP contribution in [-0.4, -0.2) is 30.8 Å². The van der Waals surface area contributed by atoms with E-state index in [1.54, 1.807) is 36.4 Å². The molecule has 6 nitrogen and oxygen atoms in total. The summed E-state index contributed by atoms with van der Waals surface area (Å²) in [7, 11) is 1.29. The third kappa shape index (κ3) is 5.41. The van der Waals surface area contributed by atoms with Crippen molar-refractivity contribution in [2.45, 2.75) is 6.92 Å². The molecule has 29 heavy (non-hydrogen) atoms. The minimum absolute atomic E-state index is 0.228. The highest BCUT2D eigenvalue weighted by Gasteiger charge is 2.24. The van der Waals surface area contributed by atoms with E-state index >= 15 is 0 Å². The topological polar surface area (TPSA) is 77.0 Å². The molecule has 0 saturated carbocycles. The summed E-state index contributed by atoms with van der Waals surface area (Å²) in [5, 5.41) is 3.82. The number of amidine groups is 1. The Kier molecular flexibility index (Phi) is 7.00. The molecule has 1 aliphatic heterocycles. The van der Waals surface area contributed by atoms with E-state index in [0.717, 1.165) is 10.0 Å². The Labute approximate surface area is 185 Å². The monoisotopic (exact) mass is 494 g/mol. The SMILES string of the molecule is COC(=O)COc1ccc(Br)cc1/C=C1/SC(=Nc2cccc(Cl)c2C)NC1=O. The lowest BCUT2D eigenvalue weighted by Crippen LogP contribution is -2.19. The smallest absolute Gasteiger partial charge is 0.343 e. The van der Waals surface area contributed by atoms with Crippen molar-refractivity contribution in [2.24, 2.45) is 4.99 Å². The molecule has 0 atom stereocenters. The Hall–Kier alpha value is -2.29. The van der Waals surface area contributed by atoms with Crippen LogP contribution in [0.3, 0.4) is 0 Å². The van der Waals surface area contributed by atoms with Crippen molar-refractivity contribution in [3.05, 3.63) is 61.9 Å². The quantitative estimate of drug-likeness (QED) is 0.474. The molecule has 1 aliphatic rings. The molecular weight excluding hydrogens is 480 g/mol. The van der Waals surface area contributed by atoms with E-state index in [1.807, 2.05) is 13.0 Å². The number of ether oxygens (including phenoxy) is 2. The van der Waals surface area contributed by atoms with Gasteiger partial charge in [0.25, 0.3) is 5.91 Å². The first kappa shape index (κ1) is 21.4. The molecule has 9 heteroatoms. The number of methoxy groups -OCH3 is 1. The summed E-state index contributed by atoms with van der Waals surface area (Å²) in [6.07, 6.45) is 1.69. The highest BCUT2D eigenvalue weighted by molar-refractivity contribution is 9.10. The molecule has 2 aromatic rings. The molecule has 1 N–H and O–H groups in total. The Morgan fingerprint density at radius 1 is 1.34 bits per heavy atom. The van der Waals surface area contributed by atoms with Crippen LogP contribution in [0.5, 0.6) is 5.75 Å². The highest BCUT2D eigenvalue weighted by Crippen LogP contribution is 2.33. The Morgan fingerprint density at radius 3 is 2.90 bits per heavy atom. The number of nitrogens with one attached hydrogen (secondary N) is 1. The lowest BCUT2D eigenvalue weighted by atomic mass is 10.2. The summed E-state index contributed by atoms with van der Waals surface area (Å²) in [4.78, 5) is 28.7. The number of halogens is 2. The van der Waals surface area contributed by atoms with Gasteiger partial charge in [0, 0.05) is 15.1 Å². The average molecular weight is 496 g/mol. The van der Waals surface area contributed by atoms with Gasteiger partial charge in [-0.05, 0) is 60.7 Å². The molecule has 0 spiro atoms. The first-order valence-electron chi connectivity index (χ1n) is 8.41. The molecule has 0 aliphatic carbocycles. The molecule has 0 radical (unpaired) electrons. The summed E-state index contributed by atoms with van der Waals surface area (Å²) in [5.74, 6) is -0.311. The largest absolute Gasteiger partial charge is 0.481 e. The van der Waals surface area contributed by atoms with Gasteiger partial charge < -0.3 is 14.8 Å². The third-order valence-electron chi connectivity index (χ3n) is 3.94. The first-order valence-corrected chi connectivity index (χ1v) is 10.4. The van der Waals surface area contributed by atoms with Crippen LogP contribution in [0.1, 0.15) is 11.1 Å². The fraction of sp³-hybridized carbons (Fsp3) is 0.150. The van der Waals surface area contributed by atoms with Crippen molar-refractivity contribution in [3.63, 3.8) is 0 Å². The predicted octanol–water partition coefficient (Wildman–Crippen LogP) is 4.85. The van der Waals surface area contributed by atoms with Crippen molar-refractivity contribution in [1.82, 2.24) is 5.32 Å². The summed E-state index contributed by atoms with van der Waals surface area (Å²) < 4.78 is 10.9. The number of hydrogen-bond acceptors (Lipinski definition) is 6. The molecule has 2 aromatic carbocycles. The lowest BCUT2D eigenvalue weighted by Gasteiger charge is -2.09. The maximum absolute atomic E-state index is 12.4. The van der Waals surface area contributed by atoms with E-state index in [4.69, 9.17) is 16.3 Å². The van der Waals surface area contributed by atoms with Crippen molar-refractivity contribution in [1.29, 1.82) is 0 Å². The minimum atomic E-state index is -0.495. The molecular formula is C20H16BrClN2O4S. The van der Waals surface area contributed by atoms with Crippen LogP contribution in [0, 0.1) is 6.92 Å². The van der Waals surface area contributed by atoms with E-state index in [2.05, 4.69) is 31.0 Å². The van der Waals surface area contributed by atoms with E-state index in [1.165, 1.54) is 18.9 Å². The summed E-state index contributed by atoms with van der Waals surface area (Å²) in [6.45, 7) is 1.64. The summed E-state index contributed by atoms with van der Waals surface area (Å²) >= 11 is 10.7. The maximum Gasteiger partial charge on any atom is 0.343 e. The number of benzene rings is 2. The van der Waals surface area contributed by atoms with E-state index < -0.39 is 5.97 Å². The van der Waals surface area contributed by atoms with E-state index in [-0.39, 0.29) is 12.5 Å². The van der Waals surface area contributed by atoms with Crippen LogP contribution in [0.4, 0.5) is 5.69 Å². The Bertz CT molecular complexity index is 1040. The average Bonchev–Trinajstić information content (AvgIpc) is 3.03. The number of carbonyl (C=O) groups excluding carboxylic acids is 2. The first-order chi connectivity index (χ1) is 13.9.